The van der Waals surface area contributed by atoms with Crippen LogP contribution in [0.5, 0.6) is 0 Å². The van der Waals surface area contributed by atoms with Crippen LogP contribution in [-0.2, 0) is 0 Å². The van der Waals surface area contributed by atoms with Crippen LogP contribution in [0.1, 0.15) is 61.0 Å². The summed E-state index contributed by atoms with van der Waals surface area (Å²) in [5.74, 6) is 0.566. The van der Waals surface area contributed by atoms with Crippen LogP contribution >= 0.6 is 36.4 Å². The van der Waals surface area contributed by atoms with E-state index >= 15 is 0 Å². The minimum atomic E-state index is -0.0242. The van der Waals surface area contributed by atoms with Crippen molar-refractivity contribution in [1.29, 1.82) is 0 Å². The van der Waals surface area contributed by atoms with Crippen molar-refractivity contribution < 1.29 is 4.79 Å². The smallest absolute Gasteiger partial charge is 0.254 e. The fourth-order valence-electron chi connectivity index (χ4n) is 3.89. The third-order valence-electron chi connectivity index (χ3n) is 5.43. The molecule has 1 aromatic heterocycles. The van der Waals surface area contributed by atoms with Gasteiger partial charge in [-0.15, -0.1) is 24.8 Å². The lowest BCUT2D eigenvalue weighted by Gasteiger charge is -2.38. The third kappa shape index (κ3) is 4.51. The highest BCUT2D eigenvalue weighted by Gasteiger charge is 2.32. The highest BCUT2D eigenvalue weighted by atomic mass is 35.5. The molecule has 1 amide bonds. The number of piperidine rings is 1. The summed E-state index contributed by atoms with van der Waals surface area (Å²) in [7, 11) is 0. The zero-order valence-electron chi connectivity index (χ0n) is 15.4. The number of nitrogens with zero attached hydrogens (tertiary/aromatic N) is 2. The summed E-state index contributed by atoms with van der Waals surface area (Å²) < 4.78 is 0. The van der Waals surface area contributed by atoms with Crippen LogP contribution in [0.3, 0.4) is 0 Å². The maximum Gasteiger partial charge on any atom is 0.254 e. The summed E-state index contributed by atoms with van der Waals surface area (Å²) in [6, 6.07) is 7.69. The van der Waals surface area contributed by atoms with E-state index in [9.17, 15) is 4.79 Å². The number of nitrogens with two attached hydrogens (primary N) is 1. The molecule has 2 fully saturated rings. The van der Waals surface area contributed by atoms with Crippen LogP contribution in [0.4, 0.5) is 0 Å². The van der Waals surface area contributed by atoms with E-state index in [0.29, 0.717) is 10.9 Å². The van der Waals surface area contributed by atoms with Gasteiger partial charge in [0.15, 0.2) is 0 Å². The Labute approximate surface area is 177 Å². The van der Waals surface area contributed by atoms with E-state index in [4.69, 9.17) is 22.3 Å². The van der Waals surface area contributed by atoms with E-state index in [-0.39, 0.29) is 42.8 Å². The van der Waals surface area contributed by atoms with Crippen LogP contribution in [0.15, 0.2) is 24.3 Å². The first-order chi connectivity index (χ1) is 12.0. The van der Waals surface area contributed by atoms with Gasteiger partial charge in [0.05, 0.1) is 11.1 Å². The summed E-state index contributed by atoms with van der Waals surface area (Å²) in [5, 5.41) is 1.47. The predicted octanol–water partition coefficient (Wildman–Crippen LogP) is 4.95. The van der Waals surface area contributed by atoms with Crippen LogP contribution < -0.4 is 5.73 Å². The van der Waals surface area contributed by atoms with Gasteiger partial charge in [0, 0.05) is 40.6 Å². The maximum atomic E-state index is 13.4. The highest BCUT2D eigenvalue weighted by Crippen LogP contribution is 2.40. The molecule has 2 heterocycles. The summed E-state index contributed by atoms with van der Waals surface area (Å²) in [6.45, 7) is 2.77. The molecule has 2 unspecified atom stereocenters. The summed E-state index contributed by atoms with van der Waals surface area (Å²) >= 11 is 6.20. The van der Waals surface area contributed by atoms with E-state index in [0.717, 1.165) is 60.8 Å². The van der Waals surface area contributed by atoms with Crippen molar-refractivity contribution in [2.24, 2.45) is 5.73 Å². The number of hydrogen-bond acceptors (Lipinski definition) is 3. The molecule has 2 aliphatic rings. The molecule has 1 aliphatic heterocycles. The van der Waals surface area contributed by atoms with Gasteiger partial charge in [-0.3, -0.25) is 9.78 Å². The topological polar surface area (TPSA) is 59.2 Å². The fourth-order valence-corrected chi connectivity index (χ4v) is 4.07. The van der Waals surface area contributed by atoms with Crippen molar-refractivity contribution in [2.45, 2.75) is 57.0 Å². The molecule has 0 spiro atoms. The molecule has 1 saturated carbocycles. The minimum Gasteiger partial charge on any atom is -0.334 e. The molecule has 2 aromatic rings. The molecule has 1 saturated heterocycles. The Bertz CT molecular complexity index is 823. The van der Waals surface area contributed by atoms with Crippen molar-refractivity contribution >= 4 is 53.2 Å². The van der Waals surface area contributed by atoms with Gasteiger partial charge in [-0.1, -0.05) is 11.6 Å². The minimum absolute atomic E-state index is 0. The van der Waals surface area contributed by atoms with Gasteiger partial charge in [0.1, 0.15) is 0 Å². The number of carbonyl (C=O) groups is 1. The molecule has 1 aromatic carbocycles. The number of fused-ring (bicyclic) bond motifs is 1. The lowest BCUT2D eigenvalue weighted by molar-refractivity contribution is 0.0585. The zero-order valence-corrected chi connectivity index (χ0v) is 17.7. The van der Waals surface area contributed by atoms with Crippen molar-refractivity contribution in [1.82, 2.24) is 9.88 Å². The molecule has 7 heteroatoms. The van der Waals surface area contributed by atoms with Crippen LogP contribution in [-0.4, -0.2) is 34.4 Å². The Balaban J connectivity index is 0.00000131. The van der Waals surface area contributed by atoms with Gasteiger partial charge in [0.25, 0.3) is 5.91 Å². The van der Waals surface area contributed by atoms with E-state index in [1.807, 2.05) is 36.1 Å². The molecule has 0 radical (unpaired) electrons. The number of halogens is 3. The number of carbonyl (C=O) groups excluding carboxylic acids is 1. The largest absolute Gasteiger partial charge is 0.334 e. The van der Waals surface area contributed by atoms with Crippen LogP contribution in [0.25, 0.3) is 10.9 Å². The first-order valence-electron chi connectivity index (χ1n) is 9.21. The second kappa shape index (κ2) is 8.95. The molecule has 148 valence electrons. The van der Waals surface area contributed by atoms with Crippen LogP contribution in [0.2, 0.25) is 5.02 Å². The normalized spacial score (nSPS) is 20.6. The summed E-state index contributed by atoms with van der Waals surface area (Å²) in [5.41, 5.74) is 8.78. The zero-order chi connectivity index (χ0) is 17.6. The Kier molecular flexibility index (Phi) is 7.37. The molecular formula is C20H26Cl3N3O. The molecule has 4 rings (SSSR count). The monoisotopic (exact) mass is 429 g/mol. The Morgan fingerprint density at radius 2 is 1.96 bits per heavy atom. The van der Waals surface area contributed by atoms with Crippen LogP contribution in [0, 0.1) is 0 Å². The Hall–Kier alpha value is -1.07. The second-order valence-corrected chi connectivity index (χ2v) is 7.89. The second-order valence-electron chi connectivity index (χ2n) is 7.45. The maximum absolute atomic E-state index is 13.4. The average Bonchev–Trinajstić information content (AvgIpc) is 3.45. The van der Waals surface area contributed by atoms with Crippen molar-refractivity contribution in [2.75, 3.05) is 6.54 Å². The van der Waals surface area contributed by atoms with Crippen molar-refractivity contribution in [3.63, 3.8) is 0 Å². The number of benzene rings is 1. The number of amides is 1. The lowest BCUT2D eigenvalue weighted by atomic mass is 9.95. The number of aromatic nitrogens is 1. The number of hydrogen-bond donors (Lipinski definition) is 1. The van der Waals surface area contributed by atoms with Gasteiger partial charge in [-0.25, -0.2) is 0 Å². The van der Waals surface area contributed by atoms with Crippen molar-refractivity contribution in [3.05, 3.63) is 40.5 Å². The quantitative estimate of drug-likeness (QED) is 0.749. The molecule has 27 heavy (non-hydrogen) atoms. The number of pyridine rings is 1. The molecule has 4 nitrogen and oxygen atoms in total. The lowest BCUT2D eigenvalue weighted by Crippen LogP contribution is -2.51. The number of rotatable bonds is 3. The number of likely N-dealkylation sites (tertiary alicyclic amines) is 1. The van der Waals surface area contributed by atoms with Gasteiger partial charge in [-0.05, 0) is 63.3 Å². The first kappa shape index (κ1) is 22.2. The van der Waals surface area contributed by atoms with E-state index in [1.165, 1.54) is 0 Å². The van der Waals surface area contributed by atoms with E-state index in [2.05, 4.69) is 0 Å². The molecule has 0 bridgehead atoms. The van der Waals surface area contributed by atoms with Gasteiger partial charge in [-0.2, -0.15) is 0 Å². The fraction of sp³-hybridized carbons (Fsp3) is 0.500. The molecule has 2 N–H and O–H groups in total. The SMILES string of the molecule is CC(N)C1CCCCN1C(=O)c1cc(C2CC2)nc2ccc(Cl)cc12.Cl.Cl. The Morgan fingerprint density at radius 1 is 1.22 bits per heavy atom. The standard InChI is InChI=1S/C20H24ClN3O.2ClH/c1-12(22)19-4-2-3-9-24(19)20(25)16-11-18(13-5-6-13)23-17-8-7-14(21)10-15(16)17;;/h7-8,10-13,19H,2-6,9,22H2,1H3;2*1H. The summed E-state index contributed by atoms with van der Waals surface area (Å²) in [6.07, 6.45) is 5.46. The van der Waals surface area contributed by atoms with Gasteiger partial charge >= 0.3 is 0 Å². The average molecular weight is 431 g/mol. The Morgan fingerprint density at radius 3 is 2.63 bits per heavy atom. The molecular weight excluding hydrogens is 405 g/mol. The third-order valence-corrected chi connectivity index (χ3v) is 5.67. The highest BCUT2D eigenvalue weighted by molar-refractivity contribution is 6.31. The van der Waals surface area contributed by atoms with E-state index < -0.39 is 0 Å². The van der Waals surface area contributed by atoms with Gasteiger partial charge < -0.3 is 10.6 Å². The van der Waals surface area contributed by atoms with Crippen molar-refractivity contribution in [3.8, 4) is 0 Å². The van der Waals surface area contributed by atoms with Gasteiger partial charge in [0.2, 0.25) is 0 Å². The summed E-state index contributed by atoms with van der Waals surface area (Å²) in [4.78, 5) is 20.2. The molecule has 1 aliphatic carbocycles. The predicted molar refractivity (Wildman–Crippen MR) is 116 cm³/mol. The van der Waals surface area contributed by atoms with E-state index in [1.54, 1.807) is 0 Å². The first-order valence-corrected chi connectivity index (χ1v) is 9.59. The molecule has 2 atom stereocenters.